The molecule has 1 aliphatic heterocycles. The third-order valence-corrected chi connectivity index (χ3v) is 7.45. The van der Waals surface area contributed by atoms with Crippen molar-refractivity contribution >= 4 is 28.9 Å². The molecule has 0 atom stereocenters. The van der Waals surface area contributed by atoms with Crippen LogP contribution in [0.15, 0.2) is 54.9 Å². The molecule has 210 valence electrons. The molecule has 0 saturated carbocycles. The molecule has 0 amide bonds. The van der Waals surface area contributed by atoms with Crippen molar-refractivity contribution < 1.29 is 15.0 Å². The lowest BCUT2D eigenvalue weighted by Gasteiger charge is -2.37. The Morgan fingerprint density at radius 1 is 1.02 bits per heavy atom. The zero-order valence-corrected chi connectivity index (χ0v) is 23.5. The molecule has 0 bridgehead atoms. The van der Waals surface area contributed by atoms with E-state index in [9.17, 15) is 15.0 Å². The Bertz CT molecular complexity index is 1490. The van der Waals surface area contributed by atoms with E-state index in [1.165, 1.54) is 0 Å². The van der Waals surface area contributed by atoms with Gasteiger partial charge in [-0.25, -0.2) is 4.98 Å². The maximum absolute atomic E-state index is 11.6. The van der Waals surface area contributed by atoms with Crippen LogP contribution in [0.25, 0.3) is 22.3 Å². The van der Waals surface area contributed by atoms with Gasteiger partial charge < -0.3 is 25.0 Å². The van der Waals surface area contributed by atoms with Gasteiger partial charge in [0.2, 0.25) is 5.95 Å². The number of phenols is 1. The van der Waals surface area contributed by atoms with Crippen molar-refractivity contribution in [2.24, 2.45) is 5.41 Å². The summed E-state index contributed by atoms with van der Waals surface area (Å²) in [5.74, 6) is 0.800. The Morgan fingerprint density at radius 2 is 1.73 bits per heavy atom. The largest absolute Gasteiger partial charge is 0.507 e. The molecule has 10 heteroatoms. The molecule has 2 aromatic heterocycles. The number of aromatic nitrogens is 4. The summed E-state index contributed by atoms with van der Waals surface area (Å²) in [4.78, 5) is 30.4. The summed E-state index contributed by atoms with van der Waals surface area (Å²) in [6.07, 6.45) is 1.81. The molecule has 2 aromatic carbocycles. The van der Waals surface area contributed by atoms with Gasteiger partial charge in [0.15, 0.2) is 17.0 Å². The van der Waals surface area contributed by atoms with Crippen LogP contribution in [0.4, 0.5) is 11.8 Å². The topological polar surface area (TPSA) is 120 Å². The number of para-hydroxylation sites is 1. The van der Waals surface area contributed by atoms with Crippen LogP contribution in [0.2, 0.25) is 0 Å². The van der Waals surface area contributed by atoms with Crippen molar-refractivity contribution in [1.82, 2.24) is 24.4 Å². The van der Waals surface area contributed by atoms with Gasteiger partial charge in [-0.2, -0.15) is 9.97 Å². The van der Waals surface area contributed by atoms with Crippen LogP contribution in [0.1, 0.15) is 39.3 Å². The fourth-order valence-corrected chi connectivity index (χ4v) is 4.99. The Kier molecular flexibility index (Phi) is 7.62. The standard InChI is InChI=1S/C30H37N7O3/c1-20(2)37-19-32-25-26(31-17-21-9-11-22(12-10-21)23-7-5-6-8-24(23)38)33-29(34-27(25)37)36-15-13-35(14-16-36)18-30(3,4)28(39)40/h5-12,19-20,38H,13-18H2,1-4H3,(H,39,40)(H,31,33,34). The molecule has 0 unspecified atom stereocenters. The van der Waals surface area contributed by atoms with Crippen molar-refractivity contribution in [2.45, 2.75) is 40.3 Å². The van der Waals surface area contributed by atoms with Gasteiger partial charge in [-0.1, -0.05) is 42.5 Å². The monoisotopic (exact) mass is 543 g/mol. The predicted octanol–water partition coefficient (Wildman–Crippen LogP) is 4.62. The molecule has 1 saturated heterocycles. The van der Waals surface area contributed by atoms with E-state index < -0.39 is 11.4 Å². The van der Waals surface area contributed by atoms with E-state index >= 15 is 0 Å². The number of fused-ring (bicyclic) bond motifs is 1. The summed E-state index contributed by atoms with van der Waals surface area (Å²) in [5, 5.41) is 23.2. The van der Waals surface area contributed by atoms with E-state index in [0.717, 1.165) is 40.9 Å². The molecule has 40 heavy (non-hydrogen) atoms. The van der Waals surface area contributed by atoms with Crippen LogP contribution in [0.3, 0.4) is 0 Å². The number of hydrogen-bond acceptors (Lipinski definition) is 8. The highest BCUT2D eigenvalue weighted by Crippen LogP contribution is 2.30. The van der Waals surface area contributed by atoms with E-state index in [1.54, 1.807) is 19.9 Å². The molecule has 5 rings (SSSR count). The van der Waals surface area contributed by atoms with Crippen molar-refractivity contribution in [1.29, 1.82) is 0 Å². The summed E-state index contributed by atoms with van der Waals surface area (Å²) in [7, 11) is 0. The van der Waals surface area contributed by atoms with E-state index in [1.807, 2.05) is 48.8 Å². The van der Waals surface area contributed by atoms with Crippen molar-refractivity contribution in [3.05, 3.63) is 60.4 Å². The second-order valence-electron chi connectivity index (χ2n) is 11.3. The van der Waals surface area contributed by atoms with Gasteiger partial charge >= 0.3 is 5.97 Å². The smallest absolute Gasteiger partial charge is 0.310 e. The fourth-order valence-electron chi connectivity index (χ4n) is 4.99. The van der Waals surface area contributed by atoms with Crippen LogP contribution >= 0.6 is 0 Å². The number of aromatic hydroxyl groups is 1. The first-order valence-corrected chi connectivity index (χ1v) is 13.7. The number of piperazine rings is 1. The first-order valence-electron chi connectivity index (χ1n) is 13.7. The number of nitrogens with zero attached hydrogens (tertiary/aromatic N) is 6. The van der Waals surface area contributed by atoms with Gasteiger partial charge in [-0.05, 0) is 44.9 Å². The Labute approximate surface area is 234 Å². The van der Waals surface area contributed by atoms with Crippen LogP contribution in [0.5, 0.6) is 5.75 Å². The molecule has 0 spiro atoms. The Balaban J connectivity index is 1.34. The molecule has 3 N–H and O–H groups in total. The Morgan fingerprint density at radius 3 is 2.38 bits per heavy atom. The highest BCUT2D eigenvalue weighted by Gasteiger charge is 2.31. The Hall–Kier alpha value is -4.18. The number of rotatable bonds is 9. The average molecular weight is 544 g/mol. The number of phenolic OH excluding ortho intramolecular Hbond substituents is 1. The highest BCUT2D eigenvalue weighted by molar-refractivity contribution is 5.84. The van der Waals surface area contributed by atoms with Gasteiger partial charge in [-0.3, -0.25) is 9.69 Å². The maximum atomic E-state index is 11.6. The summed E-state index contributed by atoms with van der Waals surface area (Å²) < 4.78 is 2.05. The van der Waals surface area contributed by atoms with E-state index in [0.29, 0.717) is 37.9 Å². The lowest BCUT2D eigenvalue weighted by molar-refractivity contribution is -0.148. The number of hydrogen-bond donors (Lipinski definition) is 3. The molecule has 4 aromatic rings. The van der Waals surface area contributed by atoms with Crippen molar-refractivity contribution in [3.8, 4) is 16.9 Å². The van der Waals surface area contributed by atoms with Gasteiger partial charge in [0.05, 0.1) is 11.7 Å². The minimum absolute atomic E-state index is 0.192. The van der Waals surface area contributed by atoms with Crippen molar-refractivity contribution in [3.63, 3.8) is 0 Å². The number of carboxylic acids is 1. The molecular weight excluding hydrogens is 506 g/mol. The number of imidazole rings is 1. The number of carbonyl (C=O) groups is 1. The second-order valence-corrected chi connectivity index (χ2v) is 11.3. The van der Waals surface area contributed by atoms with E-state index in [2.05, 4.69) is 38.5 Å². The molecule has 1 aliphatic rings. The first kappa shape index (κ1) is 27.4. The normalized spacial score (nSPS) is 14.7. The van der Waals surface area contributed by atoms with Crippen LogP contribution in [-0.4, -0.2) is 73.3 Å². The zero-order valence-electron chi connectivity index (χ0n) is 23.5. The number of carboxylic acid groups (broad SMARTS) is 1. The third kappa shape index (κ3) is 5.72. The fraction of sp³-hybridized carbons (Fsp3) is 0.400. The molecular formula is C30H37N7O3. The van der Waals surface area contributed by atoms with E-state index in [4.69, 9.17) is 9.97 Å². The van der Waals surface area contributed by atoms with Gasteiger partial charge in [0.25, 0.3) is 0 Å². The summed E-state index contributed by atoms with van der Waals surface area (Å²) in [6, 6.07) is 15.6. The van der Waals surface area contributed by atoms with Gasteiger partial charge in [-0.15, -0.1) is 0 Å². The predicted molar refractivity (Wildman–Crippen MR) is 157 cm³/mol. The molecule has 0 aliphatic carbocycles. The lowest BCUT2D eigenvalue weighted by Crippen LogP contribution is -2.50. The number of benzene rings is 2. The van der Waals surface area contributed by atoms with Crippen LogP contribution in [0, 0.1) is 5.41 Å². The summed E-state index contributed by atoms with van der Waals surface area (Å²) >= 11 is 0. The highest BCUT2D eigenvalue weighted by atomic mass is 16.4. The minimum Gasteiger partial charge on any atom is -0.507 e. The third-order valence-electron chi connectivity index (χ3n) is 7.45. The number of aliphatic carboxylic acids is 1. The summed E-state index contributed by atoms with van der Waals surface area (Å²) in [5.41, 5.74) is 3.55. The molecule has 1 fully saturated rings. The molecule has 0 radical (unpaired) electrons. The number of nitrogens with one attached hydrogen (secondary N) is 1. The maximum Gasteiger partial charge on any atom is 0.310 e. The second kappa shape index (κ2) is 11.1. The van der Waals surface area contributed by atoms with E-state index in [-0.39, 0.29) is 11.8 Å². The number of anilines is 2. The van der Waals surface area contributed by atoms with Gasteiger partial charge in [0.1, 0.15) is 5.75 Å². The van der Waals surface area contributed by atoms with Crippen LogP contribution in [-0.2, 0) is 11.3 Å². The lowest BCUT2D eigenvalue weighted by atomic mass is 9.93. The average Bonchev–Trinajstić information content (AvgIpc) is 3.37. The molecule has 10 nitrogen and oxygen atoms in total. The summed E-state index contributed by atoms with van der Waals surface area (Å²) in [6.45, 7) is 11.7. The zero-order chi connectivity index (χ0) is 28.4. The van der Waals surface area contributed by atoms with Crippen molar-refractivity contribution in [2.75, 3.05) is 42.9 Å². The quantitative estimate of drug-likeness (QED) is 0.278. The van der Waals surface area contributed by atoms with Gasteiger partial charge in [0, 0.05) is 50.9 Å². The van der Waals surface area contributed by atoms with Crippen LogP contribution < -0.4 is 10.2 Å². The first-order chi connectivity index (χ1) is 19.1. The molecule has 3 heterocycles. The minimum atomic E-state index is -0.794. The SMILES string of the molecule is CC(C)n1cnc2c(NCc3ccc(-c4ccccc4O)cc3)nc(N3CCN(CC(C)(C)C(=O)O)CC3)nc21.